The number of rotatable bonds is 5. The number of nitrogens with zero attached hydrogens (tertiary/aromatic N) is 1. The summed E-state index contributed by atoms with van der Waals surface area (Å²) in [4.78, 5) is 2.20. The van der Waals surface area contributed by atoms with Gasteiger partial charge in [-0.2, -0.15) is 0 Å². The van der Waals surface area contributed by atoms with Gasteiger partial charge in [-0.1, -0.05) is 6.58 Å². The smallest absolute Gasteiger partial charge is 0.0226 e. The van der Waals surface area contributed by atoms with Crippen LogP contribution in [0.15, 0.2) is 12.3 Å². The highest BCUT2D eigenvalue weighted by atomic mass is 15.1. The monoisotopic (exact) mass is 170 g/mol. The fourth-order valence-electron chi connectivity index (χ4n) is 0.936. The van der Waals surface area contributed by atoms with Gasteiger partial charge in [0.15, 0.2) is 0 Å². The van der Waals surface area contributed by atoms with Gasteiger partial charge in [0.1, 0.15) is 0 Å². The summed E-state index contributed by atoms with van der Waals surface area (Å²) < 4.78 is 0. The maximum absolute atomic E-state index is 5.66. The molecule has 0 aromatic rings. The van der Waals surface area contributed by atoms with Crippen molar-refractivity contribution < 1.29 is 0 Å². The Bertz CT molecular complexity index is 139. The number of hydrogen-bond donors (Lipinski definition) is 1. The van der Waals surface area contributed by atoms with Crippen LogP contribution in [0.2, 0.25) is 0 Å². The van der Waals surface area contributed by atoms with Crippen LogP contribution >= 0.6 is 0 Å². The zero-order valence-electron chi connectivity index (χ0n) is 8.80. The highest BCUT2D eigenvalue weighted by Gasteiger charge is 2.06. The second-order valence-corrected chi connectivity index (χ2v) is 3.79. The molecule has 0 radical (unpaired) electrons. The van der Waals surface area contributed by atoms with E-state index in [0.29, 0.717) is 6.04 Å². The lowest BCUT2D eigenvalue weighted by Crippen LogP contribution is -2.26. The summed E-state index contributed by atoms with van der Waals surface area (Å²) in [6.07, 6.45) is 2.03. The number of hydrogen-bond acceptors (Lipinski definition) is 2. The summed E-state index contributed by atoms with van der Waals surface area (Å²) in [7, 11) is 2.08. The van der Waals surface area contributed by atoms with E-state index in [9.17, 15) is 0 Å². The van der Waals surface area contributed by atoms with Gasteiger partial charge in [0.05, 0.1) is 0 Å². The van der Waals surface area contributed by atoms with Crippen LogP contribution in [-0.2, 0) is 0 Å². The van der Waals surface area contributed by atoms with Gasteiger partial charge in [0, 0.05) is 24.8 Å². The minimum atomic E-state index is 0.280. The molecule has 0 aromatic carbocycles. The maximum atomic E-state index is 5.66. The Morgan fingerprint density at radius 2 is 1.92 bits per heavy atom. The molecule has 0 aliphatic rings. The first-order valence-electron chi connectivity index (χ1n) is 4.61. The minimum absolute atomic E-state index is 0.280. The topological polar surface area (TPSA) is 29.3 Å². The summed E-state index contributed by atoms with van der Waals surface area (Å²) >= 11 is 0. The Kier molecular flexibility index (Phi) is 4.98. The van der Waals surface area contributed by atoms with Gasteiger partial charge in [-0.05, 0) is 33.6 Å². The molecular weight excluding hydrogens is 148 g/mol. The van der Waals surface area contributed by atoms with Gasteiger partial charge in [-0.15, -0.1) is 0 Å². The summed E-state index contributed by atoms with van der Waals surface area (Å²) in [5, 5.41) is 0. The molecule has 1 unspecified atom stereocenters. The van der Waals surface area contributed by atoms with Crippen LogP contribution in [0, 0.1) is 0 Å². The summed E-state index contributed by atoms with van der Waals surface area (Å²) in [6.45, 7) is 10.4. The van der Waals surface area contributed by atoms with Crippen LogP contribution in [0.5, 0.6) is 0 Å². The molecule has 0 spiro atoms. The van der Waals surface area contributed by atoms with Crippen molar-refractivity contribution in [2.45, 2.75) is 45.7 Å². The van der Waals surface area contributed by atoms with Gasteiger partial charge < -0.3 is 10.6 Å². The predicted octanol–water partition coefficient (Wildman–Crippen LogP) is 1.97. The Morgan fingerprint density at radius 3 is 2.25 bits per heavy atom. The van der Waals surface area contributed by atoms with Crippen LogP contribution in [0.3, 0.4) is 0 Å². The molecule has 0 saturated carbocycles. The van der Waals surface area contributed by atoms with E-state index < -0.39 is 0 Å². The van der Waals surface area contributed by atoms with E-state index in [-0.39, 0.29) is 6.04 Å². The van der Waals surface area contributed by atoms with Crippen molar-refractivity contribution in [1.82, 2.24) is 4.90 Å². The molecule has 12 heavy (non-hydrogen) atoms. The van der Waals surface area contributed by atoms with Crippen LogP contribution < -0.4 is 5.73 Å². The van der Waals surface area contributed by atoms with E-state index in [2.05, 4.69) is 32.4 Å². The Labute approximate surface area is 76.4 Å². The van der Waals surface area contributed by atoms with Gasteiger partial charge in [-0.25, -0.2) is 0 Å². The normalized spacial score (nSPS) is 13.2. The zero-order chi connectivity index (χ0) is 9.72. The third-order valence-corrected chi connectivity index (χ3v) is 2.16. The first kappa shape index (κ1) is 11.5. The van der Waals surface area contributed by atoms with Crippen molar-refractivity contribution in [2.75, 3.05) is 7.05 Å². The standard InChI is InChI=1S/C10H22N2/c1-8(2)12(5)10(4)7-6-9(3)11/h8-9H,4,6-7,11H2,1-3,5H3. The number of allylic oxidation sites excluding steroid dienone is 1. The van der Waals surface area contributed by atoms with Gasteiger partial charge >= 0.3 is 0 Å². The molecule has 1 atom stereocenters. The lowest BCUT2D eigenvalue weighted by Gasteiger charge is -2.26. The van der Waals surface area contributed by atoms with E-state index in [4.69, 9.17) is 5.73 Å². The lowest BCUT2D eigenvalue weighted by molar-refractivity contribution is 0.329. The van der Waals surface area contributed by atoms with Gasteiger partial charge in [0.2, 0.25) is 0 Å². The molecule has 2 heteroatoms. The fraction of sp³-hybridized carbons (Fsp3) is 0.800. The van der Waals surface area contributed by atoms with E-state index in [0.717, 1.165) is 12.8 Å². The summed E-state index contributed by atoms with van der Waals surface area (Å²) in [5.74, 6) is 0. The van der Waals surface area contributed by atoms with E-state index in [1.165, 1.54) is 5.70 Å². The maximum Gasteiger partial charge on any atom is 0.0226 e. The quantitative estimate of drug-likeness (QED) is 0.683. The Hall–Kier alpha value is -0.500. The Balaban J connectivity index is 3.72. The molecule has 0 aliphatic heterocycles. The molecule has 72 valence electrons. The molecule has 2 nitrogen and oxygen atoms in total. The van der Waals surface area contributed by atoms with Crippen molar-refractivity contribution in [1.29, 1.82) is 0 Å². The summed E-state index contributed by atoms with van der Waals surface area (Å²) in [5.41, 5.74) is 6.84. The minimum Gasteiger partial charge on any atom is -0.376 e. The van der Waals surface area contributed by atoms with E-state index in [1.54, 1.807) is 0 Å². The van der Waals surface area contributed by atoms with Crippen LogP contribution in [0.25, 0.3) is 0 Å². The lowest BCUT2D eigenvalue weighted by atomic mass is 10.1. The van der Waals surface area contributed by atoms with Gasteiger partial charge in [-0.3, -0.25) is 0 Å². The molecular formula is C10H22N2. The van der Waals surface area contributed by atoms with Crippen molar-refractivity contribution in [3.8, 4) is 0 Å². The molecule has 0 heterocycles. The molecule has 0 bridgehead atoms. The molecule has 0 rings (SSSR count). The van der Waals surface area contributed by atoms with Gasteiger partial charge in [0.25, 0.3) is 0 Å². The molecule has 0 saturated heterocycles. The second kappa shape index (κ2) is 5.20. The first-order chi connectivity index (χ1) is 5.45. The molecule has 0 aromatic heterocycles. The molecule has 0 amide bonds. The van der Waals surface area contributed by atoms with E-state index in [1.807, 2.05) is 6.92 Å². The highest BCUT2D eigenvalue weighted by molar-refractivity contribution is 4.94. The van der Waals surface area contributed by atoms with Crippen molar-refractivity contribution in [3.05, 3.63) is 12.3 Å². The van der Waals surface area contributed by atoms with E-state index >= 15 is 0 Å². The summed E-state index contributed by atoms with van der Waals surface area (Å²) in [6, 6.07) is 0.813. The largest absolute Gasteiger partial charge is 0.376 e. The average Bonchev–Trinajstić information content (AvgIpc) is 1.98. The van der Waals surface area contributed by atoms with Crippen LogP contribution in [0.4, 0.5) is 0 Å². The Morgan fingerprint density at radius 1 is 1.42 bits per heavy atom. The molecule has 0 aliphatic carbocycles. The first-order valence-corrected chi connectivity index (χ1v) is 4.61. The van der Waals surface area contributed by atoms with Crippen LogP contribution in [-0.4, -0.2) is 24.0 Å². The molecule has 0 fully saturated rings. The average molecular weight is 170 g/mol. The van der Waals surface area contributed by atoms with Crippen molar-refractivity contribution in [3.63, 3.8) is 0 Å². The molecule has 2 N–H and O–H groups in total. The van der Waals surface area contributed by atoms with Crippen molar-refractivity contribution >= 4 is 0 Å². The predicted molar refractivity (Wildman–Crippen MR) is 54.9 cm³/mol. The SMILES string of the molecule is C=C(CCC(C)N)N(C)C(C)C. The number of nitrogens with two attached hydrogens (primary N) is 1. The fourth-order valence-corrected chi connectivity index (χ4v) is 0.936. The van der Waals surface area contributed by atoms with Crippen LogP contribution in [0.1, 0.15) is 33.6 Å². The highest BCUT2D eigenvalue weighted by Crippen LogP contribution is 2.11. The third-order valence-electron chi connectivity index (χ3n) is 2.16. The van der Waals surface area contributed by atoms with Crippen molar-refractivity contribution in [2.24, 2.45) is 5.73 Å². The third kappa shape index (κ3) is 4.39. The second-order valence-electron chi connectivity index (χ2n) is 3.79. The zero-order valence-corrected chi connectivity index (χ0v) is 8.80.